The highest BCUT2D eigenvalue weighted by Crippen LogP contribution is 2.29. The number of hydrogen-bond acceptors (Lipinski definition) is 7. The lowest BCUT2D eigenvalue weighted by Crippen LogP contribution is -2.42. The Morgan fingerprint density at radius 2 is 1.86 bits per heavy atom. The van der Waals surface area contributed by atoms with Gasteiger partial charge in [-0.3, -0.25) is 14.5 Å². The largest absolute Gasteiger partial charge is 0.496 e. The van der Waals surface area contributed by atoms with Crippen LogP contribution in [0.5, 0.6) is 11.5 Å². The first-order chi connectivity index (χ1) is 20.0. The number of carbonyl (C=O) groups is 3. The number of nitrogens with zero attached hydrogens (tertiary/aromatic N) is 2. The Morgan fingerprint density at radius 3 is 2.52 bits per heavy atom. The van der Waals surface area contributed by atoms with Crippen LogP contribution in [-0.4, -0.2) is 47.2 Å². The number of imide groups is 1. The smallest absolute Gasteiger partial charge is 0.337 e. The van der Waals surface area contributed by atoms with Gasteiger partial charge in [0.2, 0.25) is 11.8 Å². The molecule has 1 fully saturated rings. The zero-order valence-corrected chi connectivity index (χ0v) is 23.4. The van der Waals surface area contributed by atoms with E-state index in [4.69, 9.17) is 26.9 Å². The molecular formula is C30H28ClF2N3O6. The fraction of sp³-hybridized carbons (Fsp3) is 0.267. The first-order valence-electron chi connectivity index (χ1n) is 13.0. The number of likely N-dealkylation sites (tertiary alicyclic amines) is 1. The summed E-state index contributed by atoms with van der Waals surface area (Å²) in [5, 5.41) is 13.7. The number of benzene rings is 3. The van der Waals surface area contributed by atoms with Gasteiger partial charge in [-0.1, -0.05) is 22.8 Å². The van der Waals surface area contributed by atoms with Gasteiger partial charge in [0.05, 0.1) is 24.9 Å². The van der Waals surface area contributed by atoms with Crippen molar-refractivity contribution in [2.24, 2.45) is 11.1 Å². The number of amides is 2. The van der Waals surface area contributed by atoms with Gasteiger partial charge in [0.25, 0.3) is 0 Å². The molecule has 1 atom stereocenters. The second-order valence-corrected chi connectivity index (χ2v) is 10.2. The maximum Gasteiger partial charge on any atom is 0.337 e. The van der Waals surface area contributed by atoms with Crippen molar-refractivity contribution in [1.29, 1.82) is 0 Å². The summed E-state index contributed by atoms with van der Waals surface area (Å²) < 4.78 is 32.7. The van der Waals surface area contributed by atoms with Crippen LogP contribution in [0.1, 0.15) is 40.7 Å². The number of hydrogen-bond donors (Lipinski definition) is 2. The number of nitrogens with two attached hydrogens (primary N) is 1. The molecule has 3 aromatic carbocycles. The number of methoxy groups -OCH3 is 1. The van der Waals surface area contributed by atoms with E-state index in [2.05, 4.69) is 5.16 Å². The molecule has 3 aromatic rings. The number of halogens is 3. The molecule has 1 aliphatic heterocycles. The molecule has 1 unspecified atom stereocenters. The van der Waals surface area contributed by atoms with E-state index in [0.29, 0.717) is 40.1 Å². The molecule has 0 spiro atoms. The number of nitrogen functional groups attached to an aromatic ring is 1. The third-order valence-electron chi connectivity index (χ3n) is 6.84. The third-order valence-corrected chi connectivity index (χ3v) is 7.07. The van der Waals surface area contributed by atoms with Crippen molar-refractivity contribution in [1.82, 2.24) is 4.90 Å². The molecule has 42 heavy (non-hydrogen) atoms. The summed E-state index contributed by atoms with van der Waals surface area (Å²) in [5.41, 5.74) is 7.49. The van der Waals surface area contributed by atoms with Crippen LogP contribution >= 0.6 is 11.6 Å². The average Bonchev–Trinajstić information content (AvgIpc) is 3.08. The summed E-state index contributed by atoms with van der Waals surface area (Å²) in [6.45, 7) is -0.182. The number of carboxylic acids is 1. The van der Waals surface area contributed by atoms with E-state index in [1.165, 1.54) is 19.2 Å². The van der Waals surface area contributed by atoms with E-state index in [9.17, 15) is 28.3 Å². The standard InChI is InChI=1S/C30H28ClF2N3O6/c1-41-27-8-5-20(31)12-19(27)11-18-4-6-23(35-42-24-14-21(32)13-22(33)15-24)16-36(29(18)38)28(37)9-3-17-2-7-25(30(39)40)26(34)10-17/h2,5,7-8,10,12-15,18H,3-4,6,9,11,16,34H2,1H3,(H,39,40)/b35-23+. The second-order valence-electron chi connectivity index (χ2n) is 9.79. The van der Waals surface area contributed by atoms with E-state index < -0.39 is 35.3 Å². The fourth-order valence-electron chi connectivity index (χ4n) is 4.72. The minimum atomic E-state index is -1.16. The molecule has 1 saturated heterocycles. The van der Waals surface area contributed by atoms with E-state index in [1.807, 2.05) is 0 Å². The Morgan fingerprint density at radius 1 is 1.12 bits per heavy atom. The highest BCUT2D eigenvalue weighted by Gasteiger charge is 2.34. The van der Waals surface area contributed by atoms with Gasteiger partial charge in [-0.25, -0.2) is 13.6 Å². The SMILES string of the molecule is COc1ccc(Cl)cc1CC1CC/C(=N\Oc2cc(F)cc(F)c2)CN(C(=O)CCc2ccc(C(=O)O)c(N)c2)C1=O. The van der Waals surface area contributed by atoms with E-state index >= 15 is 0 Å². The number of rotatable bonds is 9. The number of aryl methyl sites for hydroxylation is 1. The Bertz CT molecular complexity index is 1530. The first kappa shape index (κ1) is 30.4. The molecular weight excluding hydrogens is 572 g/mol. The Kier molecular flexibility index (Phi) is 9.74. The third kappa shape index (κ3) is 7.61. The maximum atomic E-state index is 13.7. The van der Waals surface area contributed by atoms with Gasteiger partial charge in [-0.05, 0) is 67.1 Å². The van der Waals surface area contributed by atoms with Gasteiger partial charge in [0.1, 0.15) is 17.4 Å². The van der Waals surface area contributed by atoms with Gasteiger partial charge >= 0.3 is 5.97 Å². The predicted molar refractivity (Wildman–Crippen MR) is 152 cm³/mol. The van der Waals surface area contributed by atoms with Crippen molar-refractivity contribution in [3.05, 3.63) is 87.9 Å². The normalized spacial score (nSPS) is 16.3. The number of aromatic carboxylic acids is 1. The Balaban J connectivity index is 1.57. The minimum absolute atomic E-state index is 0.0499. The molecule has 3 N–H and O–H groups in total. The lowest BCUT2D eigenvalue weighted by atomic mass is 9.93. The zero-order chi connectivity index (χ0) is 30.4. The second kappa shape index (κ2) is 13.4. The average molecular weight is 600 g/mol. The van der Waals surface area contributed by atoms with Crippen LogP contribution in [0, 0.1) is 17.6 Å². The molecule has 4 rings (SSSR count). The van der Waals surface area contributed by atoms with Crippen LogP contribution in [0.15, 0.2) is 59.8 Å². The molecule has 220 valence electrons. The van der Waals surface area contributed by atoms with Gasteiger partial charge < -0.3 is 20.4 Å². The van der Waals surface area contributed by atoms with Gasteiger partial charge in [0.15, 0.2) is 5.75 Å². The number of oxime groups is 1. The number of carboxylic acid groups (broad SMARTS) is 1. The van der Waals surface area contributed by atoms with E-state index in [0.717, 1.165) is 17.0 Å². The number of ether oxygens (including phenoxy) is 1. The summed E-state index contributed by atoms with van der Waals surface area (Å²) >= 11 is 6.19. The summed E-state index contributed by atoms with van der Waals surface area (Å²) in [4.78, 5) is 44.7. The first-order valence-corrected chi connectivity index (χ1v) is 13.4. The molecule has 9 nitrogen and oxygen atoms in total. The molecule has 1 heterocycles. The maximum absolute atomic E-state index is 13.7. The van der Waals surface area contributed by atoms with Crippen LogP contribution < -0.4 is 15.3 Å². The number of carbonyl (C=O) groups excluding carboxylic acids is 2. The quantitative estimate of drug-likeness (QED) is 0.253. The van der Waals surface area contributed by atoms with Crippen molar-refractivity contribution in [3.63, 3.8) is 0 Å². The van der Waals surface area contributed by atoms with E-state index in [1.54, 1.807) is 24.3 Å². The summed E-state index contributed by atoms with van der Waals surface area (Å²) in [6, 6.07) is 12.1. The van der Waals surface area contributed by atoms with Crippen LogP contribution in [-0.2, 0) is 22.4 Å². The molecule has 0 bridgehead atoms. The van der Waals surface area contributed by atoms with Crippen LogP contribution in [0.4, 0.5) is 14.5 Å². The van der Waals surface area contributed by atoms with Crippen molar-refractivity contribution in [2.45, 2.75) is 32.1 Å². The summed E-state index contributed by atoms with van der Waals surface area (Å²) in [7, 11) is 1.50. The minimum Gasteiger partial charge on any atom is -0.496 e. The molecule has 0 aromatic heterocycles. The van der Waals surface area contributed by atoms with Gasteiger partial charge in [-0.15, -0.1) is 0 Å². The summed E-state index contributed by atoms with van der Waals surface area (Å²) in [5.74, 6) is -4.02. The predicted octanol–water partition coefficient (Wildman–Crippen LogP) is 5.28. The Labute approximate surface area is 245 Å². The molecule has 2 amide bonds. The zero-order valence-electron chi connectivity index (χ0n) is 22.6. The summed E-state index contributed by atoms with van der Waals surface area (Å²) in [6.07, 6.45) is 0.946. The van der Waals surface area contributed by atoms with Gasteiger partial charge in [-0.2, -0.15) is 0 Å². The van der Waals surface area contributed by atoms with E-state index in [-0.39, 0.29) is 49.2 Å². The van der Waals surface area contributed by atoms with Crippen molar-refractivity contribution < 1.29 is 37.8 Å². The van der Waals surface area contributed by atoms with Crippen molar-refractivity contribution in [3.8, 4) is 11.5 Å². The molecule has 0 radical (unpaired) electrons. The van der Waals surface area contributed by atoms with Crippen LogP contribution in [0.2, 0.25) is 5.02 Å². The lowest BCUT2D eigenvalue weighted by Gasteiger charge is -2.23. The van der Waals surface area contributed by atoms with Crippen LogP contribution in [0.3, 0.4) is 0 Å². The van der Waals surface area contributed by atoms with Gasteiger partial charge in [0, 0.05) is 41.2 Å². The topological polar surface area (TPSA) is 132 Å². The number of anilines is 1. The van der Waals surface area contributed by atoms with Crippen LogP contribution in [0.25, 0.3) is 0 Å². The van der Waals surface area contributed by atoms with Crippen molar-refractivity contribution in [2.75, 3.05) is 19.4 Å². The highest BCUT2D eigenvalue weighted by molar-refractivity contribution is 6.30. The Hall–Kier alpha value is -4.51. The monoisotopic (exact) mass is 599 g/mol. The molecule has 1 aliphatic rings. The molecule has 0 saturated carbocycles. The van der Waals surface area contributed by atoms with Crippen molar-refractivity contribution >= 4 is 40.8 Å². The molecule has 12 heteroatoms. The highest BCUT2D eigenvalue weighted by atomic mass is 35.5. The molecule has 0 aliphatic carbocycles. The lowest BCUT2D eigenvalue weighted by molar-refractivity contribution is -0.146. The fourth-order valence-corrected chi connectivity index (χ4v) is 4.91.